The number of halogens is 2. The van der Waals surface area contributed by atoms with Crippen LogP contribution in [0.3, 0.4) is 0 Å². The van der Waals surface area contributed by atoms with Gasteiger partial charge in [0.05, 0.1) is 36.8 Å². The van der Waals surface area contributed by atoms with Gasteiger partial charge in [0, 0.05) is 19.5 Å². The molecule has 2 heterocycles. The van der Waals surface area contributed by atoms with Crippen LogP contribution in [0.5, 0.6) is 5.75 Å². The van der Waals surface area contributed by atoms with Gasteiger partial charge in [-0.1, -0.05) is 89.9 Å². The third-order valence-corrected chi connectivity index (χ3v) is 9.41. The minimum atomic E-state index is -0.764. The Balaban J connectivity index is 1.31. The van der Waals surface area contributed by atoms with Gasteiger partial charge in [0.15, 0.2) is 0 Å². The average molecular weight is 673 g/mol. The minimum absolute atomic E-state index is 0.0623. The Labute approximate surface area is 283 Å². The molecule has 0 saturated carbocycles. The number of hydrogen-bond acceptors (Lipinski definition) is 5. The molecule has 1 N–H and O–H groups in total. The number of benzene rings is 4. The van der Waals surface area contributed by atoms with Crippen LogP contribution in [-0.2, 0) is 29.1 Å². The topological polar surface area (TPSA) is 85.4 Å². The van der Waals surface area contributed by atoms with Crippen molar-refractivity contribution in [2.24, 2.45) is 0 Å². The molecule has 0 aromatic heterocycles. The summed E-state index contributed by atoms with van der Waals surface area (Å²) < 4.78 is 5.32. The SMILES string of the molecule is C=CCN(C(=O)NCc1ccc(Cl)c(Cl)c1)N1CC(=O)N2[C@@H](Cc3ccc(OC)cc3)C(=O)N(Cc3cccc4ccccc34)C[C@@H]21. The van der Waals surface area contributed by atoms with Crippen molar-refractivity contribution in [2.45, 2.75) is 31.7 Å². The minimum Gasteiger partial charge on any atom is -0.497 e. The second kappa shape index (κ2) is 14.0. The molecule has 0 unspecified atom stereocenters. The summed E-state index contributed by atoms with van der Waals surface area (Å²) in [6.07, 6.45) is 1.35. The Morgan fingerprint density at radius 1 is 1.00 bits per heavy atom. The van der Waals surface area contributed by atoms with Crippen LogP contribution in [0.25, 0.3) is 10.8 Å². The van der Waals surface area contributed by atoms with Crippen molar-refractivity contribution in [1.29, 1.82) is 0 Å². The number of ether oxygens (including phenoxy) is 1. The molecule has 0 bridgehead atoms. The van der Waals surface area contributed by atoms with E-state index < -0.39 is 18.2 Å². The van der Waals surface area contributed by atoms with Crippen molar-refractivity contribution in [3.8, 4) is 5.75 Å². The molecule has 0 radical (unpaired) electrons. The second-order valence-electron chi connectivity index (χ2n) is 11.6. The monoisotopic (exact) mass is 671 g/mol. The molecule has 6 rings (SSSR count). The quantitative estimate of drug-likeness (QED) is 0.213. The highest BCUT2D eigenvalue weighted by molar-refractivity contribution is 6.42. The first-order chi connectivity index (χ1) is 22.8. The van der Waals surface area contributed by atoms with Gasteiger partial charge in [0.2, 0.25) is 11.8 Å². The highest BCUT2D eigenvalue weighted by Gasteiger charge is 2.52. The van der Waals surface area contributed by atoms with Gasteiger partial charge < -0.3 is 19.9 Å². The highest BCUT2D eigenvalue weighted by Crippen LogP contribution is 2.32. The molecular formula is C36H35Cl2N5O4. The Morgan fingerprint density at radius 3 is 2.49 bits per heavy atom. The number of nitrogens with zero attached hydrogens (tertiary/aromatic N) is 4. The third kappa shape index (κ3) is 6.79. The first kappa shape index (κ1) is 32.4. The fourth-order valence-corrected chi connectivity index (χ4v) is 6.68. The number of carbonyl (C=O) groups is 3. The molecule has 4 amide bonds. The van der Waals surface area contributed by atoms with Crippen LogP contribution in [0.4, 0.5) is 4.79 Å². The zero-order valence-corrected chi connectivity index (χ0v) is 27.5. The van der Waals surface area contributed by atoms with Crippen molar-refractivity contribution < 1.29 is 19.1 Å². The van der Waals surface area contributed by atoms with Gasteiger partial charge in [-0.15, -0.1) is 6.58 Å². The van der Waals surface area contributed by atoms with Crippen LogP contribution < -0.4 is 10.1 Å². The Bertz CT molecular complexity index is 1810. The van der Waals surface area contributed by atoms with Crippen LogP contribution in [0.15, 0.2) is 97.6 Å². The Hall–Kier alpha value is -4.57. The van der Waals surface area contributed by atoms with Crippen molar-refractivity contribution in [2.75, 3.05) is 26.7 Å². The standard InChI is InChI=1S/C36H35Cl2N5O4/c1-3-17-41(36(46)39-20-25-13-16-30(37)31(38)18-25)42-23-34(44)43-32(19-24-11-14-28(47-2)15-12-24)35(45)40(22-33(42)43)21-27-9-6-8-26-7-4-5-10-29(26)27/h3-16,18,32-33H,1,17,19-23H2,2H3,(H,39,46)/t32-,33+/m0/s1. The number of piperazine rings is 1. The average Bonchev–Trinajstić information content (AvgIpc) is 3.41. The zero-order chi connectivity index (χ0) is 33.1. The van der Waals surface area contributed by atoms with Crippen LogP contribution in [0, 0.1) is 0 Å². The van der Waals surface area contributed by atoms with Crippen molar-refractivity contribution in [3.63, 3.8) is 0 Å². The molecular weight excluding hydrogens is 637 g/mol. The molecule has 2 atom stereocenters. The summed E-state index contributed by atoms with van der Waals surface area (Å²) in [6, 6.07) is 25.6. The Morgan fingerprint density at radius 2 is 1.74 bits per heavy atom. The summed E-state index contributed by atoms with van der Waals surface area (Å²) in [4.78, 5) is 45.2. The molecule has 4 aromatic carbocycles. The maximum Gasteiger partial charge on any atom is 0.332 e. The Kier molecular flexibility index (Phi) is 9.68. The predicted octanol–water partition coefficient (Wildman–Crippen LogP) is 5.89. The van der Waals surface area contributed by atoms with Crippen LogP contribution in [-0.4, -0.2) is 76.6 Å². The van der Waals surface area contributed by atoms with Gasteiger partial charge in [0.1, 0.15) is 18.0 Å². The van der Waals surface area contributed by atoms with E-state index in [-0.39, 0.29) is 38.0 Å². The number of carbonyl (C=O) groups excluding carboxylic acids is 3. The second-order valence-corrected chi connectivity index (χ2v) is 12.4. The summed E-state index contributed by atoms with van der Waals surface area (Å²) in [6.45, 7) is 4.74. The number of hydrogen-bond donors (Lipinski definition) is 1. The van der Waals surface area contributed by atoms with E-state index in [2.05, 4.69) is 18.0 Å². The molecule has 2 aliphatic rings. The number of hydrazine groups is 1. The third-order valence-electron chi connectivity index (χ3n) is 8.67. The summed E-state index contributed by atoms with van der Waals surface area (Å²) in [7, 11) is 1.60. The molecule has 9 nitrogen and oxygen atoms in total. The number of rotatable bonds is 10. The molecule has 0 spiro atoms. The van der Waals surface area contributed by atoms with E-state index in [1.807, 2.05) is 65.6 Å². The maximum absolute atomic E-state index is 14.3. The van der Waals surface area contributed by atoms with Crippen LogP contribution in [0.1, 0.15) is 16.7 Å². The summed E-state index contributed by atoms with van der Waals surface area (Å²) in [5.74, 6) is 0.340. The van der Waals surface area contributed by atoms with Gasteiger partial charge in [0.25, 0.3) is 0 Å². The molecule has 2 aliphatic heterocycles. The lowest BCUT2D eigenvalue weighted by molar-refractivity contribution is -0.157. The number of amides is 4. The maximum atomic E-state index is 14.3. The fraction of sp³-hybridized carbons (Fsp3) is 0.250. The van der Waals surface area contributed by atoms with E-state index in [4.69, 9.17) is 27.9 Å². The molecule has 47 heavy (non-hydrogen) atoms. The molecule has 2 saturated heterocycles. The number of methoxy groups -OCH3 is 1. The molecule has 11 heteroatoms. The molecule has 0 aliphatic carbocycles. The number of nitrogens with one attached hydrogen (secondary N) is 1. The van der Waals surface area contributed by atoms with E-state index in [1.54, 1.807) is 41.3 Å². The lowest BCUT2D eigenvalue weighted by Gasteiger charge is -2.46. The van der Waals surface area contributed by atoms with Gasteiger partial charge in [-0.25, -0.2) is 4.79 Å². The number of urea groups is 1. The smallest absolute Gasteiger partial charge is 0.332 e. The lowest BCUT2D eigenvalue weighted by Crippen LogP contribution is -2.66. The van der Waals surface area contributed by atoms with Gasteiger partial charge in [-0.3, -0.25) is 14.6 Å². The van der Waals surface area contributed by atoms with Gasteiger partial charge in [-0.2, -0.15) is 5.01 Å². The highest BCUT2D eigenvalue weighted by atomic mass is 35.5. The molecule has 2 fully saturated rings. The predicted molar refractivity (Wildman–Crippen MR) is 183 cm³/mol. The van der Waals surface area contributed by atoms with E-state index >= 15 is 0 Å². The van der Waals surface area contributed by atoms with Gasteiger partial charge >= 0.3 is 6.03 Å². The number of fused-ring (bicyclic) bond motifs is 2. The zero-order valence-electron chi connectivity index (χ0n) is 25.9. The first-order valence-corrected chi connectivity index (χ1v) is 16.1. The normalized spacial score (nSPS) is 17.9. The van der Waals surface area contributed by atoms with Gasteiger partial charge in [-0.05, 0) is 51.7 Å². The summed E-state index contributed by atoms with van der Waals surface area (Å²) >= 11 is 12.2. The van der Waals surface area contributed by atoms with E-state index in [1.165, 1.54) is 5.01 Å². The van der Waals surface area contributed by atoms with Crippen LogP contribution in [0.2, 0.25) is 10.0 Å². The molecule has 242 valence electrons. The first-order valence-electron chi connectivity index (χ1n) is 15.3. The van der Waals surface area contributed by atoms with Crippen molar-refractivity contribution >= 4 is 51.8 Å². The largest absolute Gasteiger partial charge is 0.497 e. The van der Waals surface area contributed by atoms with Crippen molar-refractivity contribution in [1.82, 2.24) is 25.1 Å². The summed E-state index contributed by atoms with van der Waals surface area (Å²) in [5.41, 5.74) is 2.67. The van der Waals surface area contributed by atoms with E-state index in [9.17, 15) is 14.4 Å². The fourth-order valence-electron chi connectivity index (χ4n) is 6.36. The van der Waals surface area contributed by atoms with Crippen LogP contribution >= 0.6 is 23.2 Å². The molecule has 4 aromatic rings. The van der Waals surface area contributed by atoms with E-state index in [0.717, 1.165) is 27.5 Å². The van der Waals surface area contributed by atoms with E-state index in [0.29, 0.717) is 28.8 Å². The lowest BCUT2D eigenvalue weighted by atomic mass is 9.99. The van der Waals surface area contributed by atoms with Crippen molar-refractivity contribution in [3.05, 3.63) is 124 Å². The summed E-state index contributed by atoms with van der Waals surface area (Å²) in [5, 5.41) is 9.13.